The van der Waals surface area contributed by atoms with Crippen LogP contribution >= 0.6 is 0 Å². The number of carboxylic acids is 1. The topological polar surface area (TPSA) is 109 Å². The van der Waals surface area contributed by atoms with Gasteiger partial charge in [0.25, 0.3) is 0 Å². The van der Waals surface area contributed by atoms with Crippen LogP contribution in [0, 0.1) is 5.41 Å². The van der Waals surface area contributed by atoms with Crippen molar-refractivity contribution in [3.63, 3.8) is 0 Å². The first kappa shape index (κ1) is 26.9. The molecule has 0 amide bonds. The molecule has 0 aromatic rings. The molecule has 0 saturated carbocycles. The Bertz CT molecular complexity index is 183. The predicted octanol–water partition coefficient (Wildman–Crippen LogP) is -2.22. The SMILES string of the molecule is CC(C)(C)CCCCCC(=O)[O-].[Ni+2].[Ni+2].[O-]B([O-])[O-]. The number of rotatable bonds is 5. The summed E-state index contributed by atoms with van der Waals surface area (Å²) in [5.41, 5.74) is 0.376. The van der Waals surface area contributed by atoms with Gasteiger partial charge in [-0.05, 0) is 24.7 Å². The van der Waals surface area contributed by atoms with Gasteiger partial charge < -0.3 is 25.0 Å². The molecule has 18 heavy (non-hydrogen) atoms. The summed E-state index contributed by atoms with van der Waals surface area (Å²) >= 11 is 0. The number of aliphatic carboxylic acids is 1. The predicted molar refractivity (Wildman–Crippen MR) is 53.3 cm³/mol. The van der Waals surface area contributed by atoms with Gasteiger partial charge in [-0.2, -0.15) is 0 Å². The Morgan fingerprint density at radius 2 is 1.39 bits per heavy atom. The molecule has 0 spiro atoms. The molecule has 0 rings (SSSR count). The first-order valence-electron chi connectivity index (χ1n) is 5.32. The van der Waals surface area contributed by atoms with Gasteiger partial charge >= 0.3 is 33.0 Å². The van der Waals surface area contributed by atoms with Crippen LogP contribution in [0.25, 0.3) is 0 Å². The van der Waals surface area contributed by atoms with E-state index in [9.17, 15) is 9.90 Å². The monoisotopic (exact) mass is 346 g/mol. The van der Waals surface area contributed by atoms with Crippen molar-refractivity contribution in [3.8, 4) is 0 Å². The molecule has 0 fully saturated rings. The second-order valence-corrected chi connectivity index (χ2v) is 4.78. The average Bonchev–Trinajstić information content (AvgIpc) is 1.99. The number of carbonyl (C=O) groups is 1. The summed E-state index contributed by atoms with van der Waals surface area (Å²) in [5.74, 6) is -0.925. The molecular formula is C10H19BNi2O5. The molecule has 112 valence electrons. The van der Waals surface area contributed by atoms with Crippen molar-refractivity contribution in [3.05, 3.63) is 0 Å². The Kier molecular flexibility index (Phi) is 23.1. The molecule has 0 aromatic carbocycles. The Morgan fingerprint density at radius 1 is 1.00 bits per heavy atom. The molecule has 0 N–H and O–H groups in total. The second kappa shape index (κ2) is 15.5. The summed E-state index contributed by atoms with van der Waals surface area (Å²) in [5, 5.41) is 35.3. The molecule has 0 aliphatic heterocycles. The van der Waals surface area contributed by atoms with Gasteiger partial charge in [0.1, 0.15) is 0 Å². The van der Waals surface area contributed by atoms with E-state index in [1.165, 1.54) is 6.42 Å². The van der Waals surface area contributed by atoms with Crippen LogP contribution in [-0.4, -0.2) is 13.3 Å². The van der Waals surface area contributed by atoms with E-state index in [1.807, 2.05) is 0 Å². The standard InChI is InChI=1S/C10H20O2.BO3.2Ni/c1-10(2,3)8-6-4-5-7-9(11)12;2-1(3)4;;/h4-8H2,1-3H3,(H,11,12);;;/q;-3;2*+2/p-1. The van der Waals surface area contributed by atoms with E-state index >= 15 is 0 Å². The van der Waals surface area contributed by atoms with E-state index in [2.05, 4.69) is 20.8 Å². The minimum Gasteiger partial charge on any atom is -0.907 e. The zero-order valence-corrected chi connectivity index (χ0v) is 12.8. The molecule has 0 saturated heterocycles. The van der Waals surface area contributed by atoms with Crippen molar-refractivity contribution >= 4 is 13.3 Å². The van der Waals surface area contributed by atoms with Crippen LogP contribution in [0.5, 0.6) is 0 Å². The molecule has 0 aliphatic rings. The zero-order chi connectivity index (χ0) is 13.2. The second-order valence-electron chi connectivity index (χ2n) is 4.78. The maximum atomic E-state index is 10.0. The summed E-state index contributed by atoms with van der Waals surface area (Å²) in [6, 6.07) is 0. The number of unbranched alkanes of at least 4 members (excludes halogenated alkanes) is 2. The molecule has 0 heterocycles. The molecule has 0 aliphatic carbocycles. The third-order valence-electron chi connectivity index (χ3n) is 1.81. The number of carboxylic acid groups (broad SMARTS) is 1. The van der Waals surface area contributed by atoms with Gasteiger partial charge in [-0.3, -0.25) is 7.32 Å². The minimum absolute atomic E-state index is 0. The van der Waals surface area contributed by atoms with Crippen LogP contribution in [0.4, 0.5) is 0 Å². The van der Waals surface area contributed by atoms with Crippen molar-refractivity contribution in [1.82, 2.24) is 0 Å². The smallest absolute Gasteiger partial charge is 0.907 e. The molecule has 0 radical (unpaired) electrons. The fourth-order valence-electron chi connectivity index (χ4n) is 1.10. The van der Waals surface area contributed by atoms with Crippen molar-refractivity contribution in [2.75, 3.05) is 0 Å². The van der Waals surface area contributed by atoms with Crippen molar-refractivity contribution in [2.24, 2.45) is 5.41 Å². The van der Waals surface area contributed by atoms with Gasteiger partial charge in [0.2, 0.25) is 0 Å². The zero-order valence-electron chi connectivity index (χ0n) is 10.8. The van der Waals surface area contributed by atoms with Gasteiger partial charge in [0.15, 0.2) is 0 Å². The molecule has 0 aromatic heterocycles. The summed E-state index contributed by atoms with van der Waals surface area (Å²) in [6.07, 6.45) is 4.27. The number of carbonyl (C=O) groups excluding carboxylic acids is 1. The van der Waals surface area contributed by atoms with Crippen LogP contribution in [0.15, 0.2) is 0 Å². The Labute approximate surface area is 129 Å². The van der Waals surface area contributed by atoms with Crippen LogP contribution in [0.3, 0.4) is 0 Å². The quantitative estimate of drug-likeness (QED) is 0.413. The normalized spacial score (nSPS) is 9.22. The summed E-state index contributed by atoms with van der Waals surface area (Å²) in [6.45, 7) is 6.60. The van der Waals surface area contributed by atoms with Gasteiger partial charge in [0.05, 0.1) is 0 Å². The summed E-state index contributed by atoms with van der Waals surface area (Å²) < 4.78 is 0. The Morgan fingerprint density at radius 3 is 1.67 bits per heavy atom. The summed E-state index contributed by atoms with van der Waals surface area (Å²) in [4.78, 5) is 10.0. The van der Waals surface area contributed by atoms with Crippen LogP contribution in [0.2, 0.25) is 0 Å². The van der Waals surface area contributed by atoms with E-state index in [0.29, 0.717) is 5.41 Å². The van der Waals surface area contributed by atoms with E-state index in [1.54, 1.807) is 0 Å². The fraction of sp³-hybridized carbons (Fsp3) is 0.900. The molecule has 8 heteroatoms. The minimum atomic E-state index is -2.92. The maximum Gasteiger partial charge on any atom is 2.00 e. The molecule has 0 unspecified atom stereocenters. The van der Waals surface area contributed by atoms with Gasteiger partial charge in [-0.25, -0.2) is 0 Å². The third-order valence-corrected chi connectivity index (χ3v) is 1.81. The Balaban J connectivity index is -0.000000143. The number of hydrogen-bond acceptors (Lipinski definition) is 5. The van der Waals surface area contributed by atoms with Crippen LogP contribution < -0.4 is 20.2 Å². The first-order valence-corrected chi connectivity index (χ1v) is 5.32. The molecule has 5 nitrogen and oxygen atoms in total. The van der Waals surface area contributed by atoms with Gasteiger partial charge in [0, 0.05) is 5.97 Å². The van der Waals surface area contributed by atoms with E-state index in [4.69, 9.17) is 15.1 Å². The van der Waals surface area contributed by atoms with Gasteiger partial charge in [-0.15, -0.1) is 0 Å². The van der Waals surface area contributed by atoms with E-state index in [0.717, 1.165) is 19.3 Å². The van der Waals surface area contributed by atoms with Crippen molar-refractivity contribution in [1.29, 1.82) is 0 Å². The Hall–Kier alpha value is 0.402. The largest absolute Gasteiger partial charge is 2.00 e. The molecule has 0 bridgehead atoms. The fourth-order valence-corrected chi connectivity index (χ4v) is 1.10. The van der Waals surface area contributed by atoms with Crippen LogP contribution in [0.1, 0.15) is 52.9 Å². The van der Waals surface area contributed by atoms with E-state index in [-0.39, 0.29) is 39.4 Å². The first-order chi connectivity index (χ1) is 7.15. The van der Waals surface area contributed by atoms with Crippen molar-refractivity contribution < 1.29 is 58.0 Å². The molecular weight excluding hydrogens is 328 g/mol. The van der Waals surface area contributed by atoms with Crippen molar-refractivity contribution in [2.45, 2.75) is 52.9 Å². The summed E-state index contributed by atoms with van der Waals surface area (Å²) in [7, 11) is -2.92. The maximum absolute atomic E-state index is 10.0. The van der Waals surface area contributed by atoms with E-state index < -0.39 is 13.3 Å². The average molecular weight is 347 g/mol. The van der Waals surface area contributed by atoms with Crippen LogP contribution in [-0.2, 0) is 37.8 Å². The third kappa shape index (κ3) is 44.0. The number of hydrogen-bond donors (Lipinski definition) is 0. The molecule has 0 atom stereocenters. The van der Waals surface area contributed by atoms with Gasteiger partial charge in [-0.1, -0.05) is 33.6 Å².